The number of aliphatic carboxylic acids is 1. The molecule has 1 aromatic carbocycles. The van der Waals surface area contributed by atoms with Crippen molar-refractivity contribution in [3.63, 3.8) is 0 Å². The van der Waals surface area contributed by atoms with Crippen molar-refractivity contribution < 1.29 is 14.6 Å². The number of nitrogens with zero attached hydrogens (tertiary/aromatic N) is 1. The number of carboxylic acid groups (broad SMARTS) is 1. The van der Waals surface area contributed by atoms with Gasteiger partial charge in [-0.3, -0.25) is 9.78 Å². The number of benzene rings is 1. The van der Waals surface area contributed by atoms with Gasteiger partial charge in [-0.25, -0.2) is 0 Å². The highest BCUT2D eigenvalue weighted by Gasteiger charge is 2.26. The van der Waals surface area contributed by atoms with Crippen LogP contribution >= 0.6 is 0 Å². The summed E-state index contributed by atoms with van der Waals surface area (Å²) in [4.78, 5) is 15.3. The predicted molar refractivity (Wildman–Crippen MR) is 78.3 cm³/mol. The third kappa shape index (κ3) is 3.21. The SMILES string of the molecule is O=C(O)C[C@@H]1CCc2cc(OCc3ccccc3)cnc21. The Kier molecular flexibility index (Phi) is 3.86. The first-order valence-corrected chi connectivity index (χ1v) is 7.09. The van der Waals surface area contributed by atoms with Crippen molar-refractivity contribution in [3.05, 3.63) is 59.4 Å². The van der Waals surface area contributed by atoms with Gasteiger partial charge in [-0.15, -0.1) is 0 Å². The van der Waals surface area contributed by atoms with Crippen LogP contribution in [0.4, 0.5) is 0 Å². The average Bonchev–Trinajstić information content (AvgIpc) is 2.88. The molecule has 0 fully saturated rings. The van der Waals surface area contributed by atoms with Gasteiger partial charge >= 0.3 is 5.97 Å². The summed E-state index contributed by atoms with van der Waals surface area (Å²) in [7, 11) is 0. The van der Waals surface area contributed by atoms with Crippen LogP contribution in [0.5, 0.6) is 5.75 Å². The first-order valence-electron chi connectivity index (χ1n) is 7.09. The second-order valence-electron chi connectivity index (χ2n) is 5.32. The molecule has 0 amide bonds. The van der Waals surface area contributed by atoms with Gasteiger partial charge in [0, 0.05) is 11.6 Å². The summed E-state index contributed by atoms with van der Waals surface area (Å²) in [6.45, 7) is 0.514. The molecular weight excluding hydrogens is 266 g/mol. The maximum absolute atomic E-state index is 10.8. The average molecular weight is 283 g/mol. The van der Waals surface area contributed by atoms with Crippen LogP contribution in [0.3, 0.4) is 0 Å². The highest BCUT2D eigenvalue weighted by molar-refractivity contribution is 5.68. The van der Waals surface area contributed by atoms with E-state index in [1.54, 1.807) is 6.20 Å². The molecular formula is C17H17NO3. The first kappa shape index (κ1) is 13.6. The number of carboxylic acids is 1. The molecule has 21 heavy (non-hydrogen) atoms. The fraction of sp³-hybridized carbons (Fsp3) is 0.294. The number of pyridine rings is 1. The third-order valence-corrected chi connectivity index (χ3v) is 3.79. The number of carbonyl (C=O) groups is 1. The molecule has 1 aliphatic rings. The minimum Gasteiger partial charge on any atom is -0.487 e. The van der Waals surface area contributed by atoms with Gasteiger partial charge in [0.05, 0.1) is 12.6 Å². The van der Waals surface area contributed by atoms with E-state index < -0.39 is 5.97 Å². The second-order valence-corrected chi connectivity index (χ2v) is 5.32. The lowest BCUT2D eigenvalue weighted by Gasteiger charge is -2.10. The van der Waals surface area contributed by atoms with Crippen molar-refractivity contribution in [2.24, 2.45) is 0 Å². The Morgan fingerprint density at radius 3 is 2.90 bits per heavy atom. The number of fused-ring (bicyclic) bond motifs is 1. The van der Waals surface area contributed by atoms with Gasteiger partial charge in [-0.05, 0) is 30.0 Å². The van der Waals surface area contributed by atoms with E-state index in [4.69, 9.17) is 9.84 Å². The summed E-state index contributed by atoms with van der Waals surface area (Å²) in [6, 6.07) is 12.0. The number of ether oxygens (including phenoxy) is 1. The lowest BCUT2D eigenvalue weighted by molar-refractivity contribution is -0.137. The lowest BCUT2D eigenvalue weighted by Crippen LogP contribution is -2.05. The molecule has 0 unspecified atom stereocenters. The monoisotopic (exact) mass is 283 g/mol. The molecule has 0 saturated heterocycles. The van der Waals surface area contributed by atoms with E-state index in [9.17, 15) is 4.79 Å². The van der Waals surface area contributed by atoms with Crippen LogP contribution in [0, 0.1) is 0 Å². The summed E-state index contributed by atoms with van der Waals surface area (Å²) in [5.41, 5.74) is 3.15. The molecule has 1 aromatic heterocycles. The van der Waals surface area contributed by atoms with E-state index >= 15 is 0 Å². The Hall–Kier alpha value is -2.36. The summed E-state index contributed by atoms with van der Waals surface area (Å²) >= 11 is 0. The van der Waals surface area contributed by atoms with Gasteiger partial charge < -0.3 is 9.84 Å². The quantitative estimate of drug-likeness (QED) is 0.915. The maximum Gasteiger partial charge on any atom is 0.304 e. The van der Waals surface area contributed by atoms with Gasteiger partial charge in [0.15, 0.2) is 0 Å². The van der Waals surface area contributed by atoms with Gasteiger partial charge in [0.2, 0.25) is 0 Å². The third-order valence-electron chi connectivity index (χ3n) is 3.79. The predicted octanol–water partition coefficient (Wildman–Crippen LogP) is 3.17. The van der Waals surface area contributed by atoms with Crippen molar-refractivity contribution in [2.45, 2.75) is 31.8 Å². The molecule has 108 valence electrons. The zero-order chi connectivity index (χ0) is 14.7. The molecule has 1 heterocycles. The molecule has 0 aliphatic heterocycles. The van der Waals surface area contributed by atoms with Gasteiger partial charge in [0.1, 0.15) is 12.4 Å². The lowest BCUT2D eigenvalue weighted by atomic mass is 10.0. The number of aromatic nitrogens is 1. The fourth-order valence-corrected chi connectivity index (χ4v) is 2.76. The Morgan fingerprint density at radius 2 is 2.14 bits per heavy atom. The van der Waals surface area contributed by atoms with E-state index in [1.165, 1.54) is 0 Å². The number of hydrogen-bond donors (Lipinski definition) is 1. The van der Waals surface area contributed by atoms with Crippen molar-refractivity contribution in [1.29, 1.82) is 0 Å². The van der Waals surface area contributed by atoms with Gasteiger partial charge in [-0.1, -0.05) is 30.3 Å². The van der Waals surface area contributed by atoms with E-state index in [1.807, 2.05) is 36.4 Å². The van der Waals surface area contributed by atoms with Crippen LogP contribution in [0.25, 0.3) is 0 Å². The highest BCUT2D eigenvalue weighted by Crippen LogP contribution is 2.35. The number of aryl methyl sites for hydroxylation is 1. The van der Waals surface area contributed by atoms with Crippen molar-refractivity contribution in [2.75, 3.05) is 0 Å². The van der Waals surface area contributed by atoms with Crippen molar-refractivity contribution >= 4 is 5.97 Å². The Bertz CT molecular complexity index is 640. The van der Waals surface area contributed by atoms with E-state index in [0.29, 0.717) is 6.61 Å². The molecule has 2 aromatic rings. The minimum absolute atomic E-state index is 0.0423. The summed E-state index contributed by atoms with van der Waals surface area (Å²) in [5.74, 6) is 0.0216. The number of rotatable bonds is 5. The molecule has 0 spiro atoms. The molecule has 0 radical (unpaired) electrons. The van der Waals surface area contributed by atoms with Gasteiger partial charge in [0.25, 0.3) is 0 Å². The largest absolute Gasteiger partial charge is 0.487 e. The van der Waals surface area contributed by atoms with E-state index in [2.05, 4.69) is 4.98 Å². The van der Waals surface area contributed by atoms with Crippen LogP contribution in [0.2, 0.25) is 0 Å². The maximum atomic E-state index is 10.8. The smallest absolute Gasteiger partial charge is 0.304 e. The summed E-state index contributed by atoms with van der Waals surface area (Å²) in [6.07, 6.45) is 3.59. The molecule has 0 bridgehead atoms. The number of hydrogen-bond acceptors (Lipinski definition) is 3. The van der Waals surface area contributed by atoms with Gasteiger partial charge in [-0.2, -0.15) is 0 Å². The van der Waals surface area contributed by atoms with E-state index in [0.717, 1.165) is 35.4 Å². The molecule has 4 nitrogen and oxygen atoms in total. The van der Waals surface area contributed by atoms with Crippen LogP contribution in [-0.4, -0.2) is 16.1 Å². The molecule has 1 atom stereocenters. The zero-order valence-electron chi connectivity index (χ0n) is 11.7. The minimum atomic E-state index is -0.765. The first-order chi connectivity index (χ1) is 10.2. The fourth-order valence-electron chi connectivity index (χ4n) is 2.76. The normalized spacial score (nSPS) is 16.5. The van der Waals surface area contributed by atoms with Crippen LogP contribution in [0.15, 0.2) is 42.6 Å². The molecule has 0 saturated carbocycles. The zero-order valence-corrected chi connectivity index (χ0v) is 11.7. The van der Waals surface area contributed by atoms with Crippen LogP contribution in [-0.2, 0) is 17.8 Å². The molecule has 3 rings (SSSR count). The standard InChI is InChI=1S/C17H17NO3/c19-16(20)9-14-7-6-13-8-15(10-18-17(13)14)21-11-12-4-2-1-3-5-12/h1-5,8,10,14H,6-7,9,11H2,(H,19,20)/t14-/m0/s1. The second kappa shape index (κ2) is 5.95. The Morgan fingerprint density at radius 1 is 1.33 bits per heavy atom. The Labute approximate surface area is 123 Å². The van der Waals surface area contributed by atoms with Crippen molar-refractivity contribution in [3.8, 4) is 5.75 Å². The topological polar surface area (TPSA) is 59.4 Å². The van der Waals surface area contributed by atoms with Crippen molar-refractivity contribution in [1.82, 2.24) is 4.98 Å². The molecule has 1 N–H and O–H groups in total. The molecule has 1 aliphatic carbocycles. The van der Waals surface area contributed by atoms with E-state index in [-0.39, 0.29) is 12.3 Å². The summed E-state index contributed by atoms with van der Waals surface area (Å²) < 4.78 is 5.75. The highest BCUT2D eigenvalue weighted by atomic mass is 16.5. The van der Waals surface area contributed by atoms with Crippen LogP contribution in [0.1, 0.15) is 35.6 Å². The van der Waals surface area contributed by atoms with Crippen LogP contribution < -0.4 is 4.74 Å². The Balaban J connectivity index is 1.68. The summed E-state index contributed by atoms with van der Waals surface area (Å²) in [5, 5.41) is 8.91. The molecule has 4 heteroatoms.